The normalized spacial score (nSPS) is 19.8. The van der Waals surface area contributed by atoms with Gasteiger partial charge < -0.3 is 0 Å². The van der Waals surface area contributed by atoms with Gasteiger partial charge in [0.15, 0.2) is 5.78 Å². The Bertz CT molecular complexity index is 448. The Hall–Kier alpha value is -1.16. The van der Waals surface area contributed by atoms with Crippen LogP contribution in [0.5, 0.6) is 0 Å². The molecule has 0 bridgehead atoms. The number of carbonyl (C=O) groups excluding carboxylic acids is 1. The molecular weight excluding hydrogens is 250 g/mol. The van der Waals surface area contributed by atoms with E-state index in [-0.39, 0.29) is 5.54 Å². The SMILES string of the molecule is CCC(C)(C(=O)CCc1cnn(C)c1)N1CCCCC1. The van der Waals surface area contributed by atoms with Crippen molar-refractivity contribution in [3.05, 3.63) is 18.0 Å². The van der Waals surface area contributed by atoms with E-state index in [1.165, 1.54) is 19.3 Å². The Labute approximate surface area is 122 Å². The molecule has 1 unspecified atom stereocenters. The minimum atomic E-state index is -0.275. The molecule has 112 valence electrons. The largest absolute Gasteiger partial charge is 0.298 e. The van der Waals surface area contributed by atoms with Crippen LogP contribution >= 0.6 is 0 Å². The minimum absolute atomic E-state index is 0.275. The quantitative estimate of drug-likeness (QED) is 0.802. The molecule has 0 N–H and O–H groups in total. The molecule has 0 radical (unpaired) electrons. The lowest BCUT2D eigenvalue weighted by Gasteiger charge is -2.42. The number of hydrogen-bond donors (Lipinski definition) is 0. The van der Waals surface area contributed by atoms with Crippen LogP contribution in [0.2, 0.25) is 0 Å². The molecule has 1 atom stereocenters. The molecule has 2 heterocycles. The van der Waals surface area contributed by atoms with Gasteiger partial charge in [0, 0.05) is 19.7 Å². The monoisotopic (exact) mass is 277 g/mol. The molecule has 0 saturated carbocycles. The third kappa shape index (κ3) is 3.29. The van der Waals surface area contributed by atoms with Crippen molar-refractivity contribution < 1.29 is 4.79 Å². The molecule has 1 aromatic heterocycles. The molecule has 1 aliphatic rings. The molecule has 4 heteroatoms. The van der Waals surface area contributed by atoms with Gasteiger partial charge in [-0.1, -0.05) is 13.3 Å². The van der Waals surface area contributed by atoms with Gasteiger partial charge in [0.2, 0.25) is 0 Å². The molecule has 4 nitrogen and oxygen atoms in total. The number of rotatable bonds is 6. The van der Waals surface area contributed by atoms with Crippen molar-refractivity contribution in [2.45, 2.75) is 57.9 Å². The Morgan fingerprint density at radius 1 is 1.35 bits per heavy atom. The summed E-state index contributed by atoms with van der Waals surface area (Å²) in [5, 5.41) is 4.16. The van der Waals surface area contributed by atoms with E-state index in [0.29, 0.717) is 12.2 Å². The third-order valence-electron chi connectivity index (χ3n) is 4.74. The average molecular weight is 277 g/mol. The van der Waals surface area contributed by atoms with E-state index in [1.54, 1.807) is 4.68 Å². The summed E-state index contributed by atoms with van der Waals surface area (Å²) in [6.45, 7) is 6.41. The zero-order chi connectivity index (χ0) is 14.6. The van der Waals surface area contributed by atoms with E-state index in [9.17, 15) is 4.79 Å². The molecule has 1 aliphatic heterocycles. The number of aryl methyl sites for hydroxylation is 2. The van der Waals surface area contributed by atoms with Crippen LogP contribution in [0, 0.1) is 0 Å². The number of likely N-dealkylation sites (tertiary alicyclic amines) is 1. The summed E-state index contributed by atoms with van der Waals surface area (Å²) in [6, 6.07) is 0. The molecule has 0 spiro atoms. The van der Waals surface area contributed by atoms with Crippen LogP contribution in [-0.2, 0) is 18.3 Å². The number of ketones is 1. The number of aromatic nitrogens is 2. The molecule has 0 aliphatic carbocycles. The van der Waals surface area contributed by atoms with Crippen LogP contribution in [-0.4, -0.2) is 39.1 Å². The highest BCUT2D eigenvalue weighted by atomic mass is 16.1. The lowest BCUT2D eigenvalue weighted by molar-refractivity contribution is -0.131. The fourth-order valence-corrected chi connectivity index (χ4v) is 3.11. The fourth-order valence-electron chi connectivity index (χ4n) is 3.11. The summed E-state index contributed by atoms with van der Waals surface area (Å²) in [5.41, 5.74) is 0.876. The van der Waals surface area contributed by atoms with Crippen molar-refractivity contribution in [1.29, 1.82) is 0 Å². The molecule has 0 amide bonds. The first-order valence-electron chi connectivity index (χ1n) is 7.82. The predicted molar refractivity (Wildman–Crippen MR) is 80.7 cm³/mol. The van der Waals surface area contributed by atoms with Gasteiger partial charge in [0.25, 0.3) is 0 Å². The van der Waals surface area contributed by atoms with Gasteiger partial charge in [0.1, 0.15) is 0 Å². The van der Waals surface area contributed by atoms with Crippen LogP contribution in [0.15, 0.2) is 12.4 Å². The molecule has 1 fully saturated rings. The summed E-state index contributed by atoms with van der Waals surface area (Å²) < 4.78 is 1.80. The van der Waals surface area contributed by atoms with Crippen molar-refractivity contribution in [3.63, 3.8) is 0 Å². The van der Waals surface area contributed by atoms with E-state index < -0.39 is 0 Å². The van der Waals surface area contributed by atoms with Crippen LogP contribution in [0.1, 0.15) is 51.5 Å². The Kier molecular flexibility index (Phi) is 4.97. The zero-order valence-corrected chi connectivity index (χ0v) is 13.1. The molecular formula is C16H27N3O. The Morgan fingerprint density at radius 3 is 2.60 bits per heavy atom. The highest BCUT2D eigenvalue weighted by Gasteiger charge is 2.37. The Balaban J connectivity index is 1.96. The maximum absolute atomic E-state index is 12.7. The third-order valence-corrected chi connectivity index (χ3v) is 4.74. The van der Waals surface area contributed by atoms with Gasteiger partial charge in [0.05, 0.1) is 11.7 Å². The number of Topliss-reactive ketones (excluding diaryl/α,β-unsaturated/α-hetero) is 1. The standard InChI is InChI=1S/C16H27N3O/c1-4-16(2,19-10-6-5-7-11-19)15(20)9-8-14-12-17-18(3)13-14/h12-13H,4-11H2,1-3H3. The summed E-state index contributed by atoms with van der Waals surface area (Å²) in [7, 11) is 1.91. The van der Waals surface area contributed by atoms with Gasteiger partial charge in [-0.2, -0.15) is 5.10 Å². The maximum atomic E-state index is 12.7. The van der Waals surface area contributed by atoms with Gasteiger partial charge in [-0.05, 0) is 51.3 Å². The smallest absolute Gasteiger partial charge is 0.153 e. The van der Waals surface area contributed by atoms with Crippen molar-refractivity contribution in [1.82, 2.24) is 14.7 Å². The van der Waals surface area contributed by atoms with Crippen molar-refractivity contribution in [3.8, 4) is 0 Å². The number of nitrogens with zero attached hydrogens (tertiary/aromatic N) is 3. The second kappa shape index (κ2) is 6.53. The average Bonchev–Trinajstić information content (AvgIpc) is 2.90. The van der Waals surface area contributed by atoms with E-state index >= 15 is 0 Å². The van der Waals surface area contributed by atoms with Crippen LogP contribution in [0.4, 0.5) is 0 Å². The van der Waals surface area contributed by atoms with E-state index in [4.69, 9.17) is 0 Å². The van der Waals surface area contributed by atoms with Gasteiger partial charge >= 0.3 is 0 Å². The van der Waals surface area contributed by atoms with Gasteiger partial charge in [-0.3, -0.25) is 14.4 Å². The molecule has 20 heavy (non-hydrogen) atoms. The second-order valence-corrected chi connectivity index (χ2v) is 6.12. The highest BCUT2D eigenvalue weighted by molar-refractivity contribution is 5.88. The van der Waals surface area contributed by atoms with Crippen molar-refractivity contribution in [2.24, 2.45) is 7.05 Å². The number of piperidine rings is 1. The number of hydrogen-bond acceptors (Lipinski definition) is 3. The Morgan fingerprint density at radius 2 is 2.05 bits per heavy atom. The van der Waals surface area contributed by atoms with Crippen LogP contribution in [0.3, 0.4) is 0 Å². The lowest BCUT2D eigenvalue weighted by Crippen LogP contribution is -2.53. The predicted octanol–water partition coefficient (Wildman–Crippen LogP) is 2.58. The second-order valence-electron chi connectivity index (χ2n) is 6.12. The van der Waals surface area contributed by atoms with Crippen LogP contribution < -0.4 is 0 Å². The fraction of sp³-hybridized carbons (Fsp3) is 0.750. The van der Waals surface area contributed by atoms with E-state index in [2.05, 4.69) is 23.8 Å². The first kappa shape index (κ1) is 15.2. The zero-order valence-electron chi connectivity index (χ0n) is 13.1. The molecule has 0 aromatic carbocycles. The minimum Gasteiger partial charge on any atom is -0.298 e. The molecule has 2 rings (SSSR count). The van der Waals surface area contributed by atoms with Crippen molar-refractivity contribution in [2.75, 3.05) is 13.1 Å². The number of carbonyl (C=O) groups is 1. The first-order chi connectivity index (χ1) is 9.56. The summed E-state index contributed by atoms with van der Waals surface area (Å²) >= 11 is 0. The van der Waals surface area contributed by atoms with Gasteiger partial charge in [-0.25, -0.2) is 0 Å². The highest BCUT2D eigenvalue weighted by Crippen LogP contribution is 2.26. The summed E-state index contributed by atoms with van der Waals surface area (Å²) in [4.78, 5) is 15.1. The summed E-state index contributed by atoms with van der Waals surface area (Å²) in [6.07, 6.45) is 9.94. The molecule has 1 saturated heterocycles. The van der Waals surface area contributed by atoms with E-state index in [1.807, 2.05) is 19.4 Å². The van der Waals surface area contributed by atoms with Gasteiger partial charge in [-0.15, -0.1) is 0 Å². The van der Waals surface area contributed by atoms with E-state index in [0.717, 1.165) is 31.5 Å². The lowest BCUT2D eigenvalue weighted by atomic mass is 9.86. The first-order valence-corrected chi connectivity index (χ1v) is 7.82. The molecule has 1 aromatic rings. The topological polar surface area (TPSA) is 38.1 Å². The van der Waals surface area contributed by atoms with Crippen molar-refractivity contribution >= 4 is 5.78 Å². The summed E-state index contributed by atoms with van der Waals surface area (Å²) in [5.74, 6) is 0.380. The van der Waals surface area contributed by atoms with Crippen LogP contribution in [0.25, 0.3) is 0 Å². The maximum Gasteiger partial charge on any atom is 0.153 e.